The molecular formula is C15H21FN2O2. The molecule has 4 nitrogen and oxygen atoms in total. The van der Waals surface area contributed by atoms with Crippen molar-refractivity contribution < 1.29 is 14.3 Å². The van der Waals surface area contributed by atoms with Gasteiger partial charge in [-0.1, -0.05) is 19.8 Å². The van der Waals surface area contributed by atoms with Gasteiger partial charge in [0, 0.05) is 6.54 Å². The van der Waals surface area contributed by atoms with Crippen LogP contribution >= 0.6 is 0 Å². The Bertz CT molecular complexity index is 497. The molecule has 0 amide bonds. The van der Waals surface area contributed by atoms with Gasteiger partial charge in [-0.05, 0) is 36.8 Å². The third kappa shape index (κ3) is 3.40. The second-order valence-electron chi connectivity index (χ2n) is 5.73. The van der Waals surface area contributed by atoms with E-state index in [2.05, 4.69) is 12.2 Å². The fourth-order valence-electron chi connectivity index (χ4n) is 2.69. The molecule has 1 fully saturated rings. The van der Waals surface area contributed by atoms with Crippen LogP contribution in [0.15, 0.2) is 12.1 Å². The summed E-state index contributed by atoms with van der Waals surface area (Å²) < 4.78 is 13.6. The number of hydrogen-bond donors (Lipinski definition) is 3. The Morgan fingerprint density at radius 2 is 2.05 bits per heavy atom. The molecule has 5 heteroatoms. The second kappa shape index (κ2) is 6.11. The largest absolute Gasteiger partial charge is 0.478 e. The molecule has 0 heterocycles. The standard InChI is InChI=1S/C15H21FN2O2/c1-9-2-4-10(5-3-9)8-18-14-7-12(16)11(15(19)20)6-13(14)17/h6-7,9-10,18H,2-5,8,17H2,1H3,(H,19,20). The van der Waals surface area contributed by atoms with Crippen molar-refractivity contribution >= 4 is 17.3 Å². The Morgan fingerprint density at radius 1 is 1.40 bits per heavy atom. The summed E-state index contributed by atoms with van der Waals surface area (Å²) in [5.41, 5.74) is 6.13. The van der Waals surface area contributed by atoms with Crippen LogP contribution in [0, 0.1) is 17.7 Å². The molecule has 1 aromatic carbocycles. The minimum atomic E-state index is -1.30. The van der Waals surface area contributed by atoms with Crippen LogP contribution in [0.1, 0.15) is 43.0 Å². The van der Waals surface area contributed by atoms with Crippen LogP contribution in [0.2, 0.25) is 0 Å². The lowest BCUT2D eigenvalue weighted by Gasteiger charge is -2.26. The van der Waals surface area contributed by atoms with Crippen molar-refractivity contribution in [2.45, 2.75) is 32.6 Å². The van der Waals surface area contributed by atoms with Crippen LogP contribution in [0.3, 0.4) is 0 Å². The Balaban J connectivity index is 1.99. The van der Waals surface area contributed by atoms with Crippen LogP contribution in [-0.2, 0) is 0 Å². The van der Waals surface area contributed by atoms with E-state index in [0.29, 0.717) is 11.6 Å². The number of nitrogen functional groups attached to an aromatic ring is 1. The van der Waals surface area contributed by atoms with Crippen molar-refractivity contribution in [2.24, 2.45) is 11.8 Å². The van der Waals surface area contributed by atoms with Gasteiger partial charge in [0.05, 0.1) is 16.9 Å². The van der Waals surface area contributed by atoms with Gasteiger partial charge in [-0.15, -0.1) is 0 Å². The first kappa shape index (κ1) is 14.6. The highest BCUT2D eigenvalue weighted by atomic mass is 19.1. The van der Waals surface area contributed by atoms with E-state index < -0.39 is 11.8 Å². The minimum Gasteiger partial charge on any atom is -0.478 e. The maximum absolute atomic E-state index is 13.6. The van der Waals surface area contributed by atoms with Crippen molar-refractivity contribution in [3.8, 4) is 0 Å². The summed E-state index contributed by atoms with van der Waals surface area (Å²) in [4.78, 5) is 10.8. The summed E-state index contributed by atoms with van der Waals surface area (Å²) in [6, 6.07) is 2.34. The first-order valence-corrected chi connectivity index (χ1v) is 7.03. The minimum absolute atomic E-state index is 0.271. The molecule has 0 aliphatic heterocycles. The highest BCUT2D eigenvalue weighted by Crippen LogP contribution is 2.29. The topological polar surface area (TPSA) is 75.3 Å². The number of benzene rings is 1. The zero-order valence-electron chi connectivity index (χ0n) is 11.7. The fraction of sp³-hybridized carbons (Fsp3) is 0.533. The maximum Gasteiger partial charge on any atom is 0.338 e. The lowest BCUT2D eigenvalue weighted by atomic mass is 9.83. The van der Waals surface area contributed by atoms with Crippen LogP contribution in [0.4, 0.5) is 15.8 Å². The molecule has 1 aliphatic rings. The van der Waals surface area contributed by atoms with E-state index in [-0.39, 0.29) is 11.3 Å². The van der Waals surface area contributed by atoms with E-state index in [1.807, 2.05) is 0 Å². The fourth-order valence-corrected chi connectivity index (χ4v) is 2.69. The average molecular weight is 280 g/mol. The van der Waals surface area contributed by atoms with E-state index in [0.717, 1.165) is 12.5 Å². The molecule has 0 unspecified atom stereocenters. The highest BCUT2D eigenvalue weighted by Gasteiger charge is 2.19. The van der Waals surface area contributed by atoms with Crippen molar-refractivity contribution in [1.29, 1.82) is 0 Å². The van der Waals surface area contributed by atoms with Crippen LogP contribution in [0.5, 0.6) is 0 Å². The van der Waals surface area contributed by atoms with E-state index >= 15 is 0 Å². The number of anilines is 2. The van der Waals surface area contributed by atoms with Gasteiger partial charge < -0.3 is 16.2 Å². The molecule has 20 heavy (non-hydrogen) atoms. The van der Waals surface area contributed by atoms with Crippen LogP contribution in [0.25, 0.3) is 0 Å². The Labute approximate surface area is 118 Å². The molecule has 2 rings (SSSR count). The summed E-state index contributed by atoms with van der Waals surface area (Å²) in [6.45, 7) is 3.02. The third-order valence-electron chi connectivity index (χ3n) is 4.09. The molecule has 110 valence electrons. The van der Waals surface area contributed by atoms with Gasteiger partial charge in [-0.3, -0.25) is 0 Å². The van der Waals surface area contributed by atoms with E-state index in [1.165, 1.54) is 37.8 Å². The number of carboxylic acid groups (broad SMARTS) is 1. The monoisotopic (exact) mass is 280 g/mol. The second-order valence-corrected chi connectivity index (χ2v) is 5.73. The summed E-state index contributed by atoms with van der Waals surface area (Å²) in [7, 11) is 0. The Morgan fingerprint density at radius 3 is 2.65 bits per heavy atom. The average Bonchev–Trinajstić information content (AvgIpc) is 2.41. The number of aromatic carboxylic acids is 1. The number of nitrogens with two attached hydrogens (primary N) is 1. The normalized spacial score (nSPS) is 22.5. The molecule has 4 N–H and O–H groups in total. The van der Waals surface area contributed by atoms with Gasteiger partial charge >= 0.3 is 5.97 Å². The number of nitrogens with one attached hydrogen (secondary N) is 1. The molecular weight excluding hydrogens is 259 g/mol. The van der Waals surface area contributed by atoms with Crippen molar-refractivity contribution in [3.05, 3.63) is 23.5 Å². The van der Waals surface area contributed by atoms with Gasteiger partial charge in [0.1, 0.15) is 5.82 Å². The summed E-state index contributed by atoms with van der Waals surface area (Å²) in [5.74, 6) is -0.690. The summed E-state index contributed by atoms with van der Waals surface area (Å²) in [6.07, 6.45) is 4.80. The van der Waals surface area contributed by atoms with Gasteiger partial charge in [-0.25, -0.2) is 9.18 Å². The van der Waals surface area contributed by atoms with Crippen LogP contribution in [-0.4, -0.2) is 17.6 Å². The first-order chi connectivity index (χ1) is 9.47. The number of carboxylic acids is 1. The van der Waals surface area contributed by atoms with Crippen molar-refractivity contribution in [3.63, 3.8) is 0 Å². The molecule has 0 spiro atoms. The maximum atomic E-state index is 13.6. The zero-order valence-corrected chi connectivity index (χ0v) is 11.7. The number of hydrogen-bond acceptors (Lipinski definition) is 3. The van der Waals surface area contributed by atoms with E-state index in [9.17, 15) is 9.18 Å². The third-order valence-corrected chi connectivity index (χ3v) is 4.09. The SMILES string of the molecule is CC1CCC(CNc2cc(F)c(C(=O)O)cc2N)CC1. The zero-order chi connectivity index (χ0) is 14.7. The lowest BCUT2D eigenvalue weighted by molar-refractivity contribution is 0.0692. The predicted molar refractivity (Wildman–Crippen MR) is 77.4 cm³/mol. The van der Waals surface area contributed by atoms with Crippen LogP contribution < -0.4 is 11.1 Å². The molecule has 0 radical (unpaired) electrons. The summed E-state index contributed by atoms with van der Waals surface area (Å²) in [5, 5.41) is 12.0. The van der Waals surface area contributed by atoms with Crippen molar-refractivity contribution in [1.82, 2.24) is 0 Å². The van der Waals surface area contributed by atoms with Crippen molar-refractivity contribution in [2.75, 3.05) is 17.6 Å². The first-order valence-electron chi connectivity index (χ1n) is 7.03. The quantitative estimate of drug-likeness (QED) is 0.739. The van der Waals surface area contributed by atoms with Gasteiger partial charge in [0.2, 0.25) is 0 Å². The molecule has 0 aromatic heterocycles. The molecule has 1 saturated carbocycles. The molecule has 0 bridgehead atoms. The highest BCUT2D eigenvalue weighted by molar-refractivity contribution is 5.90. The van der Waals surface area contributed by atoms with Gasteiger partial charge in [0.15, 0.2) is 0 Å². The molecule has 0 atom stereocenters. The predicted octanol–water partition coefficient (Wildman–Crippen LogP) is 3.34. The molecule has 0 saturated heterocycles. The summed E-state index contributed by atoms with van der Waals surface area (Å²) >= 11 is 0. The lowest BCUT2D eigenvalue weighted by Crippen LogP contribution is -2.20. The molecule has 1 aliphatic carbocycles. The number of halogens is 1. The smallest absolute Gasteiger partial charge is 0.338 e. The van der Waals surface area contributed by atoms with Gasteiger partial charge in [0.25, 0.3) is 0 Å². The Kier molecular flexibility index (Phi) is 4.47. The van der Waals surface area contributed by atoms with E-state index in [4.69, 9.17) is 10.8 Å². The number of carbonyl (C=O) groups is 1. The number of rotatable bonds is 4. The molecule has 1 aromatic rings. The Hall–Kier alpha value is -1.78. The van der Waals surface area contributed by atoms with E-state index in [1.54, 1.807) is 0 Å². The van der Waals surface area contributed by atoms with Gasteiger partial charge in [-0.2, -0.15) is 0 Å².